The molecule has 1 aromatic heterocycles. The van der Waals surface area contributed by atoms with Crippen LogP contribution in [0.3, 0.4) is 0 Å². The lowest BCUT2D eigenvalue weighted by Gasteiger charge is -1.98. The third-order valence-corrected chi connectivity index (χ3v) is 4.22. The van der Waals surface area contributed by atoms with Crippen LogP contribution >= 0.6 is 11.8 Å². The van der Waals surface area contributed by atoms with Crippen molar-refractivity contribution in [3.63, 3.8) is 0 Å². The van der Waals surface area contributed by atoms with Gasteiger partial charge in [-0.3, -0.25) is 9.78 Å². The number of fused-ring (bicyclic) bond motifs is 1. The Labute approximate surface area is 77.8 Å². The molecule has 13 heavy (non-hydrogen) atoms. The smallest absolute Gasteiger partial charge is 0.310 e. The first-order valence-corrected chi connectivity index (χ1v) is 5.05. The van der Waals surface area contributed by atoms with Crippen LogP contribution in [0, 0.1) is 0 Å². The summed E-state index contributed by atoms with van der Waals surface area (Å²) < 4.78 is 0.264. The molecule has 1 fully saturated rings. The first-order chi connectivity index (χ1) is 6.19. The molecule has 0 saturated heterocycles. The molecule has 1 aromatic rings. The number of hydrogen-bond donors (Lipinski definition) is 2. The summed E-state index contributed by atoms with van der Waals surface area (Å²) >= 11 is 1.63. The molecule has 2 aliphatic rings. The maximum Gasteiger partial charge on any atom is 0.325 e. The van der Waals surface area contributed by atoms with Crippen LogP contribution < -0.4 is 11.2 Å². The largest absolute Gasteiger partial charge is 0.325 e. The molecule has 0 radical (unpaired) electrons. The Kier molecular flexibility index (Phi) is 1.20. The highest BCUT2D eigenvalue weighted by Gasteiger charge is 2.49. The van der Waals surface area contributed by atoms with Gasteiger partial charge in [-0.2, -0.15) is 0 Å². The number of hydrogen-bond acceptors (Lipinski definition) is 3. The van der Waals surface area contributed by atoms with E-state index in [1.807, 2.05) is 0 Å². The Morgan fingerprint density at radius 1 is 1.23 bits per heavy atom. The average Bonchev–Trinajstić information content (AvgIpc) is 2.65. The Bertz CT molecular complexity index is 484. The number of aromatic amines is 2. The van der Waals surface area contributed by atoms with Crippen LogP contribution in [0.25, 0.3) is 0 Å². The van der Waals surface area contributed by atoms with E-state index >= 15 is 0 Å². The van der Waals surface area contributed by atoms with Gasteiger partial charge in [0.05, 0.1) is 4.90 Å². The lowest BCUT2D eigenvalue weighted by atomic mass is 10.2. The van der Waals surface area contributed by atoms with Gasteiger partial charge in [0.2, 0.25) is 0 Å². The molecule has 1 saturated carbocycles. The second kappa shape index (κ2) is 2.09. The van der Waals surface area contributed by atoms with Crippen molar-refractivity contribution < 1.29 is 0 Å². The fraction of sp³-hybridized carbons (Fsp3) is 0.500. The minimum Gasteiger partial charge on any atom is -0.310 e. The summed E-state index contributed by atoms with van der Waals surface area (Å²) in [4.78, 5) is 28.0. The Hall–Kier alpha value is -0.970. The van der Waals surface area contributed by atoms with Crippen LogP contribution in [0.1, 0.15) is 18.5 Å². The third kappa shape index (κ3) is 0.997. The van der Waals surface area contributed by atoms with E-state index in [0.717, 1.165) is 29.9 Å². The molecule has 4 nitrogen and oxygen atoms in total. The summed E-state index contributed by atoms with van der Waals surface area (Å²) in [6.45, 7) is 0. The van der Waals surface area contributed by atoms with Gasteiger partial charge in [0.1, 0.15) is 0 Å². The van der Waals surface area contributed by atoms with Gasteiger partial charge >= 0.3 is 5.69 Å². The molecule has 0 amide bonds. The van der Waals surface area contributed by atoms with Gasteiger partial charge in [0.25, 0.3) is 5.56 Å². The molecule has 2 heterocycles. The van der Waals surface area contributed by atoms with Crippen molar-refractivity contribution >= 4 is 11.8 Å². The van der Waals surface area contributed by atoms with E-state index in [0.29, 0.717) is 0 Å². The van der Waals surface area contributed by atoms with Gasteiger partial charge in [0, 0.05) is 16.9 Å². The van der Waals surface area contributed by atoms with Gasteiger partial charge in [0.15, 0.2) is 0 Å². The van der Waals surface area contributed by atoms with Gasteiger partial charge < -0.3 is 4.98 Å². The van der Waals surface area contributed by atoms with Crippen LogP contribution in [0.5, 0.6) is 0 Å². The maximum absolute atomic E-state index is 11.4. The van der Waals surface area contributed by atoms with Crippen molar-refractivity contribution in [2.24, 2.45) is 0 Å². The molecular formula is C8H8N2O2S. The monoisotopic (exact) mass is 196 g/mol. The van der Waals surface area contributed by atoms with Crippen LogP contribution in [0.15, 0.2) is 14.5 Å². The molecular weight excluding hydrogens is 188 g/mol. The van der Waals surface area contributed by atoms with E-state index in [1.165, 1.54) is 0 Å². The first kappa shape index (κ1) is 7.44. The van der Waals surface area contributed by atoms with E-state index < -0.39 is 0 Å². The Balaban J connectivity index is 2.23. The molecule has 3 rings (SSSR count). The van der Waals surface area contributed by atoms with Gasteiger partial charge in [-0.05, 0) is 12.8 Å². The van der Waals surface area contributed by atoms with Crippen molar-refractivity contribution in [3.8, 4) is 0 Å². The lowest BCUT2D eigenvalue weighted by Crippen LogP contribution is -2.24. The lowest BCUT2D eigenvalue weighted by molar-refractivity contribution is 0.831. The van der Waals surface area contributed by atoms with Crippen molar-refractivity contribution in [2.75, 3.05) is 0 Å². The normalized spacial score (nSPS) is 21.8. The molecule has 0 unspecified atom stereocenters. The molecule has 1 spiro atoms. The van der Waals surface area contributed by atoms with E-state index in [4.69, 9.17) is 0 Å². The second-order valence-corrected chi connectivity index (χ2v) is 5.16. The number of rotatable bonds is 0. The third-order valence-electron chi connectivity index (χ3n) is 2.60. The van der Waals surface area contributed by atoms with Crippen LogP contribution in [0.2, 0.25) is 0 Å². The molecule has 5 heteroatoms. The minimum atomic E-state index is -0.387. The number of H-pyrrole nitrogens is 2. The molecule has 0 aromatic carbocycles. The number of aromatic nitrogens is 2. The fourth-order valence-electron chi connectivity index (χ4n) is 1.75. The van der Waals surface area contributed by atoms with Gasteiger partial charge in [-0.25, -0.2) is 4.79 Å². The van der Waals surface area contributed by atoms with Crippen molar-refractivity contribution in [2.45, 2.75) is 28.9 Å². The summed E-state index contributed by atoms with van der Waals surface area (Å²) in [5.41, 5.74) is 0.214. The highest BCUT2D eigenvalue weighted by atomic mass is 32.2. The molecule has 0 atom stereocenters. The minimum absolute atomic E-state index is 0.229. The van der Waals surface area contributed by atoms with Crippen LogP contribution in [-0.2, 0) is 6.42 Å². The zero-order valence-corrected chi connectivity index (χ0v) is 7.66. The van der Waals surface area contributed by atoms with E-state index in [1.54, 1.807) is 11.8 Å². The summed E-state index contributed by atoms with van der Waals surface area (Å²) in [5.74, 6) is 0. The van der Waals surface area contributed by atoms with Crippen molar-refractivity contribution in [1.82, 2.24) is 9.97 Å². The van der Waals surface area contributed by atoms with Crippen LogP contribution in [0.4, 0.5) is 0 Å². The first-order valence-electron chi connectivity index (χ1n) is 4.23. The molecule has 0 bridgehead atoms. The highest BCUT2D eigenvalue weighted by Crippen LogP contribution is 2.57. The second-order valence-electron chi connectivity index (χ2n) is 3.68. The van der Waals surface area contributed by atoms with Crippen molar-refractivity contribution in [3.05, 3.63) is 26.5 Å². The standard InChI is InChI=1S/C8H8N2O2S/c11-6-5-4(9-7(12)10-6)3-8(13-5)1-2-8/h1-3H2,(H2,9,10,11,12). The van der Waals surface area contributed by atoms with Crippen molar-refractivity contribution in [1.29, 1.82) is 0 Å². The summed E-state index contributed by atoms with van der Waals surface area (Å²) in [5, 5.41) is 0. The Morgan fingerprint density at radius 3 is 2.69 bits per heavy atom. The molecule has 1 aliphatic heterocycles. The topological polar surface area (TPSA) is 65.7 Å². The molecule has 68 valence electrons. The maximum atomic E-state index is 11.4. The van der Waals surface area contributed by atoms with E-state index in [2.05, 4.69) is 9.97 Å². The fourth-order valence-corrected chi connectivity index (χ4v) is 3.09. The number of nitrogens with one attached hydrogen (secondary N) is 2. The van der Waals surface area contributed by atoms with Gasteiger partial charge in [-0.15, -0.1) is 11.8 Å². The SMILES string of the molecule is O=c1[nH]c2c(c(=O)[nH]1)SC1(CC1)C2. The van der Waals surface area contributed by atoms with E-state index in [-0.39, 0.29) is 16.0 Å². The average molecular weight is 196 g/mol. The molecule has 1 aliphatic carbocycles. The number of thioether (sulfide) groups is 1. The summed E-state index contributed by atoms with van der Waals surface area (Å²) in [6, 6.07) is 0. The quantitative estimate of drug-likeness (QED) is 0.625. The highest BCUT2D eigenvalue weighted by molar-refractivity contribution is 8.01. The predicted octanol–water partition coefficient (Wildman–Crippen LogP) is 0.244. The van der Waals surface area contributed by atoms with Gasteiger partial charge in [-0.1, -0.05) is 0 Å². The summed E-state index contributed by atoms with van der Waals surface area (Å²) in [6.07, 6.45) is 3.17. The Morgan fingerprint density at radius 2 is 2.00 bits per heavy atom. The van der Waals surface area contributed by atoms with E-state index in [9.17, 15) is 9.59 Å². The molecule has 2 N–H and O–H groups in total. The zero-order valence-electron chi connectivity index (χ0n) is 6.85. The summed E-state index contributed by atoms with van der Waals surface area (Å²) in [7, 11) is 0. The predicted molar refractivity (Wildman–Crippen MR) is 49.2 cm³/mol. The zero-order chi connectivity index (χ0) is 9.05. The van der Waals surface area contributed by atoms with Crippen LogP contribution in [-0.4, -0.2) is 14.7 Å².